The van der Waals surface area contributed by atoms with E-state index in [1.807, 2.05) is 13.8 Å². The van der Waals surface area contributed by atoms with Crippen LogP contribution in [0.25, 0.3) is 11.2 Å². The monoisotopic (exact) mass is 195 g/mol. The highest BCUT2D eigenvalue weighted by molar-refractivity contribution is 5.67. The molecule has 14 heavy (non-hydrogen) atoms. The number of nitrogens with one attached hydrogen (secondary N) is 2. The van der Waals surface area contributed by atoms with Crippen LogP contribution in [0, 0.1) is 0 Å². The number of hydrogen-bond acceptors (Lipinski definition) is 4. The molecule has 0 atom stereocenters. The third kappa shape index (κ3) is 2.67. The Hall–Kier alpha value is -1.69. The molecule has 0 saturated heterocycles. The fraction of sp³-hybridized carbons (Fsp3) is 0.375. The fourth-order valence-corrected chi connectivity index (χ4v) is 0.776. The Bertz CT molecular complexity index is 441. The molecule has 0 saturated carbocycles. The first kappa shape index (κ1) is 10.4. The smallest absolute Gasteiger partial charge is 0.276 e. The number of aromatic nitrogens is 4. The summed E-state index contributed by atoms with van der Waals surface area (Å²) in [5.74, 6) is 0. The molecular weight excluding hydrogens is 182 g/mol. The zero-order chi connectivity index (χ0) is 10.6. The Morgan fingerprint density at radius 1 is 1.29 bits per heavy atom. The zero-order valence-corrected chi connectivity index (χ0v) is 8.11. The maximum atomic E-state index is 10.9. The largest absolute Gasteiger partial charge is 0.339 e. The minimum atomic E-state index is -0.192. The van der Waals surface area contributed by atoms with Crippen molar-refractivity contribution in [2.24, 2.45) is 5.73 Å². The van der Waals surface area contributed by atoms with Gasteiger partial charge in [0, 0.05) is 0 Å². The van der Waals surface area contributed by atoms with E-state index < -0.39 is 0 Å². The van der Waals surface area contributed by atoms with Gasteiger partial charge in [0.15, 0.2) is 11.2 Å². The first-order chi connectivity index (χ1) is 6.61. The summed E-state index contributed by atoms with van der Waals surface area (Å²) in [6, 6.07) is 0.333. The summed E-state index contributed by atoms with van der Waals surface area (Å²) in [5, 5.41) is 0. The quantitative estimate of drug-likeness (QED) is 0.550. The molecule has 2 aromatic heterocycles. The summed E-state index contributed by atoms with van der Waals surface area (Å²) in [6.45, 7) is 3.89. The second-order valence-corrected chi connectivity index (χ2v) is 3.08. The summed E-state index contributed by atoms with van der Waals surface area (Å²) in [4.78, 5) is 23.6. The molecular formula is C8H13N5O. The van der Waals surface area contributed by atoms with Crippen LogP contribution in [-0.4, -0.2) is 26.0 Å². The highest BCUT2D eigenvalue weighted by atomic mass is 16.1. The van der Waals surface area contributed by atoms with Gasteiger partial charge in [0.2, 0.25) is 0 Å². The van der Waals surface area contributed by atoms with Crippen LogP contribution in [0.1, 0.15) is 13.8 Å². The first-order valence-electron chi connectivity index (χ1n) is 4.23. The molecule has 0 aliphatic rings. The Morgan fingerprint density at radius 3 is 2.29 bits per heavy atom. The topological polar surface area (TPSA) is 100 Å². The van der Waals surface area contributed by atoms with Crippen molar-refractivity contribution < 1.29 is 0 Å². The predicted molar refractivity (Wildman–Crippen MR) is 53.8 cm³/mol. The van der Waals surface area contributed by atoms with Gasteiger partial charge in [-0.3, -0.25) is 4.79 Å². The number of imidazole rings is 1. The van der Waals surface area contributed by atoms with Crippen molar-refractivity contribution in [1.82, 2.24) is 19.9 Å². The number of aromatic amines is 2. The normalized spacial score (nSPS) is 10.0. The average molecular weight is 195 g/mol. The van der Waals surface area contributed by atoms with Gasteiger partial charge >= 0.3 is 0 Å². The van der Waals surface area contributed by atoms with Gasteiger partial charge in [-0.1, -0.05) is 13.8 Å². The molecule has 76 valence electrons. The number of nitrogens with two attached hydrogens (primary N) is 1. The standard InChI is InChI=1S/C5H4N4O.C3H9N/c10-5-3-4(7-1-6-3)8-2-9-5;1-3(2)4/h1-2H,(H2,6,7,8,9,10);3H,4H2,1-2H3. The van der Waals surface area contributed by atoms with E-state index in [4.69, 9.17) is 5.73 Å². The molecule has 0 radical (unpaired) electrons. The van der Waals surface area contributed by atoms with Crippen molar-refractivity contribution in [3.63, 3.8) is 0 Å². The second kappa shape index (κ2) is 4.52. The molecule has 0 bridgehead atoms. The number of rotatable bonds is 0. The first-order valence-corrected chi connectivity index (χ1v) is 4.23. The summed E-state index contributed by atoms with van der Waals surface area (Å²) in [5.41, 5.74) is 5.79. The summed E-state index contributed by atoms with van der Waals surface area (Å²) >= 11 is 0. The lowest BCUT2D eigenvalue weighted by molar-refractivity contribution is 0.834. The van der Waals surface area contributed by atoms with Crippen LogP contribution in [0.15, 0.2) is 17.4 Å². The van der Waals surface area contributed by atoms with E-state index in [2.05, 4.69) is 19.9 Å². The molecule has 2 heterocycles. The Kier molecular flexibility index (Phi) is 3.35. The van der Waals surface area contributed by atoms with Gasteiger partial charge in [0.25, 0.3) is 5.56 Å². The van der Waals surface area contributed by atoms with E-state index in [0.717, 1.165) is 0 Å². The third-order valence-corrected chi connectivity index (χ3v) is 1.23. The predicted octanol–water partition coefficient (Wildman–Crippen LogP) is -0.000300. The molecule has 6 nitrogen and oxygen atoms in total. The fourth-order valence-electron chi connectivity index (χ4n) is 0.776. The van der Waals surface area contributed by atoms with Gasteiger partial charge in [-0.15, -0.1) is 0 Å². The van der Waals surface area contributed by atoms with Crippen LogP contribution in [-0.2, 0) is 0 Å². The molecule has 0 aliphatic heterocycles. The van der Waals surface area contributed by atoms with Crippen LogP contribution >= 0.6 is 0 Å². The van der Waals surface area contributed by atoms with Crippen molar-refractivity contribution >= 4 is 11.2 Å². The highest BCUT2D eigenvalue weighted by Gasteiger charge is 1.97. The molecule has 0 aromatic carbocycles. The van der Waals surface area contributed by atoms with Crippen molar-refractivity contribution in [2.45, 2.75) is 19.9 Å². The highest BCUT2D eigenvalue weighted by Crippen LogP contribution is 1.94. The van der Waals surface area contributed by atoms with E-state index in [1.54, 1.807) is 0 Å². The Balaban J connectivity index is 0.000000213. The summed E-state index contributed by atoms with van der Waals surface area (Å²) in [6.07, 6.45) is 2.76. The van der Waals surface area contributed by atoms with Gasteiger partial charge < -0.3 is 15.7 Å². The lowest BCUT2D eigenvalue weighted by Crippen LogP contribution is -2.06. The molecule has 0 aliphatic carbocycles. The van der Waals surface area contributed by atoms with Crippen LogP contribution in [0.5, 0.6) is 0 Å². The molecule has 2 rings (SSSR count). The van der Waals surface area contributed by atoms with Gasteiger partial charge in [-0.25, -0.2) is 9.97 Å². The maximum absolute atomic E-state index is 10.9. The van der Waals surface area contributed by atoms with Gasteiger partial charge in [-0.2, -0.15) is 0 Å². The minimum absolute atomic E-state index is 0.192. The SMILES string of the molecule is CC(C)N.O=c1[nH]cnc2nc[nH]c12. The minimum Gasteiger partial charge on any atom is -0.339 e. The van der Waals surface area contributed by atoms with Gasteiger partial charge in [0.1, 0.15) is 0 Å². The Morgan fingerprint density at radius 2 is 1.79 bits per heavy atom. The van der Waals surface area contributed by atoms with Gasteiger partial charge in [0.05, 0.1) is 12.7 Å². The second-order valence-electron chi connectivity index (χ2n) is 3.08. The molecule has 0 unspecified atom stereocenters. The van der Waals surface area contributed by atoms with E-state index in [0.29, 0.717) is 17.2 Å². The average Bonchev–Trinajstić information content (AvgIpc) is 2.52. The summed E-state index contributed by atoms with van der Waals surface area (Å²) in [7, 11) is 0. The number of hydrogen-bond donors (Lipinski definition) is 3. The lowest BCUT2D eigenvalue weighted by Gasteiger charge is -1.81. The van der Waals surface area contributed by atoms with Crippen molar-refractivity contribution in [3.05, 3.63) is 23.0 Å². The zero-order valence-electron chi connectivity index (χ0n) is 8.11. The van der Waals surface area contributed by atoms with Crippen LogP contribution < -0.4 is 11.3 Å². The van der Waals surface area contributed by atoms with Crippen molar-refractivity contribution in [3.8, 4) is 0 Å². The van der Waals surface area contributed by atoms with Crippen LogP contribution in [0.3, 0.4) is 0 Å². The number of H-pyrrole nitrogens is 2. The molecule has 0 amide bonds. The van der Waals surface area contributed by atoms with E-state index in [9.17, 15) is 4.79 Å². The maximum Gasteiger partial charge on any atom is 0.276 e. The van der Waals surface area contributed by atoms with E-state index in [1.165, 1.54) is 12.7 Å². The molecule has 2 aromatic rings. The molecule has 0 fully saturated rings. The summed E-state index contributed by atoms with van der Waals surface area (Å²) < 4.78 is 0. The van der Waals surface area contributed by atoms with Crippen molar-refractivity contribution in [2.75, 3.05) is 0 Å². The third-order valence-electron chi connectivity index (χ3n) is 1.23. The number of nitrogens with zero attached hydrogens (tertiary/aromatic N) is 2. The van der Waals surface area contributed by atoms with Gasteiger partial charge in [-0.05, 0) is 6.04 Å². The molecule has 0 spiro atoms. The van der Waals surface area contributed by atoms with E-state index >= 15 is 0 Å². The molecule has 6 heteroatoms. The Labute approximate surface area is 80.6 Å². The lowest BCUT2D eigenvalue weighted by atomic mass is 10.5. The van der Waals surface area contributed by atoms with Crippen LogP contribution in [0.2, 0.25) is 0 Å². The number of fused-ring (bicyclic) bond motifs is 1. The van der Waals surface area contributed by atoms with Crippen LogP contribution in [0.4, 0.5) is 0 Å². The van der Waals surface area contributed by atoms with Crippen molar-refractivity contribution in [1.29, 1.82) is 0 Å². The van der Waals surface area contributed by atoms with E-state index in [-0.39, 0.29) is 5.56 Å². The molecule has 4 N–H and O–H groups in total.